The molecule has 1 aliphatic heterocycles. The van der Waals surface area contributed by atoms with E-state index in [-0.39, 0.29) is 17.9 Å². The van der Waals surface area contributed by atoms with Gasteiger partial charge >= 0.3 is 0 Å². The van der Waals surface area contributed by atoms with E-state index in [0.29, 0.717) is 28.6 Å². The smallest absolute Gasteiger partial charge is 0.267 e. The van der Waals surface area contributed by atoms with E-state index in [1.54, 1.807) is 62.4 Å². The van der Waals surface area contributed by atoms with Crippen molar-refractivity contribution in [1.29, 1.82) is 0 Å². The van der Waals surface area contributed by atoms with Crippen LogP contribution in [0.5, 0.6) is 5.75 Å². The van der Waals surface area contributed by atoms with Gasteiger partial charge in [0.05, 0.1) is 17.4 Å². The predicted molar refractivity (Wildman–Crippen MR) is 113 cm³/mol. The van der Waals surface area contributed by atoms with E-state index in [2.05, 4.69) is 10.6 Å². The molecule has 2 aromatic carbocycles. The van der Waals surface area contributed by atoms with E-state index < -0.39 is 5.60 Å². The molecule has 3 rings (SSSR count). The second kappa shape index (κ2) is 9.29. The molecule has 2 amide bonds. The summed E-state index contributed by atoms with van der Waals surface area (Å²) in [6.45, 7) is 4.51. The fourth-order valence-corrected chi connectivity index (χ4v) is 3.14. The molecule has 0 unspecified atom stereocenters. The Balaban J connectivity index is 1.66. The number of carbonyl (C=O) groups excluding carboxylic acids is 2. The topological polar surface area (TPSA) is 76.7 Å². The quantitative estimate of drug-likeness (QED) is 0.714. The number of amides is 2. The average molecular weight is 417 g/mol. The van der Waals surface area contributed by atoms with E-state index in [1.807, 2.05) is 0 Å². The van der Waals surface area contributed by atoms with Crippen molar-refractivity contribution < 1.29 is 19.1 Å². The van der Waals surface area contributed by atoms with E-state index in [0.717, 1.165) is 19.4 Å². The van der Waals surface area contributed by atoms with Gasteiger partial charge in [0.25, 0.3) is 11.8 Å². The summed E-state index contributed by atoms with van der Waals surface area (Å²) in [4.78, 5) is 25.4. The molecule has 7 heteroatoms. The van der Waals surface area contributed by atoms with Crippen molar-refractivity contribution in [3.8, 4) is 5.75 Å². The number of carbonyl (C=O) groups is 2. The highest BCUT2D eigenvalue weighted by atomic mass is 35.5. The monoisotopic (exact) mass is 416 g/mol. The normalized spacial score (nSPS) is 16.3. The number of hydrogen-bond acceptors (Lipinski definition) is 4. The summed E-state index contributed by atoms with van der Waals surface area (Å²) >= 11 is 5.89. The Bertz CT molecular complexity index is 861. The molecule has 0 saturated carbocycles. The zero-order valence-electron chi connectivity index (χ0n) is 16.5. The summed E-state index contributed by atoms with van der Waals surface area (Å²) in [5.41, 5.74) is -0.342. The van der Waals surface area contributed by atoms with Gasteiger partial charge in [0.1, 0.15) is 5.75 Å². The van der Waals surface area contributed by atoms with Gasteiger partial charge < -0.3 is 20.1 Å². The lowest BCUT2D eigenvalue weighted by Gasteiger charge is -2.26. The number of nitrogens with one attached hydrogen (secondary N) is 2. The van der Waals surface area contributed by atoms with Gasteiger partial charge in [0.2, 0.25) is 0 Å². The van der Waals surface area contributed by atoms with Gasteiger partial charge in [-0.1, -0.05) is 23.7 Å². The maximum absolute atomic E-state index is 12.8. The van der Waals surface area contributed by atoms with Crippen molar-refractivity contribution in [3.63, 3.8) is 0 Å². The van der Waals surface area contributed by atoms with Crippen molar-refractivity contribution in [2.24, 2.45) is 0 Å². The van der Waals surface area contributed by atoms with Crippen LogP contribution in [-0.2, 0) is 9.53 Å². The first-order valence-corrected chi connectivity index (χ1v) is 9.98. The average Bonchev–Trinajstić information content (AvgIpc) is 3.22. The largest absolute Gasteiger partial charge is 0.478 e. The van der Waals surface area contributed by atoms with Crippen LogP contribution in [0.2, 0.25) is 5.02 Å². The molecule has 1 fully saturated rings. The number of halogens is 1. The summed E-state index contributed by atoms with van der Waals surface area (Å²) in [6, 6.07) is 13.7. The highest BCUT2D eigenvalue weighted by Crippen LogP contribution is 2.23. The lowest BCUT2D eigenvalue weighted by Crippen LogP contribution is -2.43. The second-order valence-corrected chi connectivity index (χ2v) is 7.85. The molecule has 154 valence electrons. The molecule has 2 N–H and O–H groups in total. The Morgan fingerprint density at radius 1 is 1.17 bits per heavy atom. The molecule has 29 heavy (non-hydrogen) atoms. The molecule has 0 radical (unpaired) electrons. The third-order valence-corrected chi connectivity index (χ3v) is 4.92. The van der Waals surface area contributed by atoms with Gasteiger partial charge in [0, 0.05) is 18.2 Å². The predicted octanol–water partition coefficient (Wildman–Crippen LogP) is 4.04. The van der Waals surface area contributed by atoms with Crippen LogP contribution >= 0.6 is 11.6 Å². The number of para-hydroxylation sites is 1. The molecule has 6 nitrogen and oxygen atoms in total. The van der Waals surface area contributed by atoms with Crippen molar-refractivity contribution in [3.05, 3.63) is 59.1 Å². The zero-order chi connectivity index (χ0) is 20.9. The molecule has 0 aliphatic carbocycles. The van der Waals surface area contributed by atoms with Crippen LogP contribution in [0.15, 0.2) is 48.5 Å². The van der Waals surface area contributed by atoms with Crippen LogP contribution in [0, 0.1) is 0 Å². The molecule has 1 saturated heterocycles. The molecular formula is C22H25ClN2O4. The second-order valence-electron chi connectivity index (χ2n) is 7.41. The highest BCUT2D eigenvalue weighted by molar-refractivity contribution is 6.30. The van der Waals surface area contributed by atoms with Crippen LogP contribution in [-0.4, -0.2) is 36.7 Å². The summed E-state index contributed by atoms with van der Waals surface area (Å²) in [5.74, 6) is -0.100. The number of rotatable bonds is 7. The fourth-order valence-electron chi connectivity index (χ4n) is 3.01. The molecule has 2 aromatic rings. The van der Waals surface area contributed by atoms with Gasteiger partial charge in [-0.25, -0.2) is 0 Å². The van der Waals surface area contributed by atoms with Gasteiger partial charge in [-0.15, -0.1) is 0 Å². The van der Waals surface area contributed by atoms with E-state index in [4.69, 9.17) is 21.1 Å². The van der Waals surface area contributed by atoms with Crippen molar-refractivity contribution in [1.82, 2.24) is 5.32 Å². The van der Waals surface area contributed by atoms with Crippen LogP contribution in [0.25, 0.3) is 0 Å². The number of ether oxygens (including phenoxy) is 2. The first kappa shape index (κ1) is 21.1. The van der Waals surface area contributed by atoms with Crippen LogP contribution < -0.4 is 15.4 Å². The third kappa shape index (κ3) is 5.71. The standard InChI is InChI=1S/C22H25ClN2O4/c1-22(2,29-16-11-9-15(23)10-12-16)21(27)25-19-8-4-3-7-18(19)20(26)24-14-17-6-5-13-28-17/h3-4,7-12,17H,5-6,13-14H2,1-2H3,(H,24,26)(H,25,27)/t17-/m0/s1. The van der Waals surface area contributed by atoms with Gasteiger partial charge in [-0.2, -0.15) is 0 Å². The molecule has 0 bridgehead atoms. The Morgan fingerprint density at radius 3 is 2.59 bits per heavy atom. The third-order valence-electron chi connectivity index (χ3n) is 4.67. The zero-order valence-corrected chi connectivity index (χ0v) is 17.3. The highest BCUT2D eigenvalue weighted by Gasteiger charge is 2.31. The Labute approximate surface area is 175 Å². The van der Waals surface area contributed by atoms with Gasteiger partial charge in [-0.05, 0) is 63.1 Å². The molecule has 0 aromatic heterocycles. The van der Waals surface area contributed by atoms with Crippen LogP contribution in [0.1, 0.15) is 37.0 Å². The lowest BCUT2D eigenvalue weighted by atomic mass is 10.1. The minimum absolute atomic E-state index is 0.0485. The first-order chi connectivity index (χ1) is 13.8. The number of hydrogen-bond donors (Lipinski definition) is 2. The van der Waals surface area contributed by atoms with Crippen LogP contribution in [0.3, 0.4) is 0 Å². The summed E-state index contributed by atoms with van der Waals surface area (Å²) in [6.07, 6.45) is 2.00. The molecular weight excluding hydrogens is 392 g/mol. The van der Waals surface area contributed by atoms with Gasteiger partial charge in [0.15, 0.2) is 5.60 Å². The summed E-state index contributed by atoms with van der Waals surface area (Å²) < 4.78 is 11.4. The van der Waals surface area contributed by atoms with Crippen molar-refractivity contribution in [2.45, 2.75) is 38.4 Å². The Hall–Kier alpha value is -2.57. The molecule has 0 spiro atoms. The number of benzene rings is 2. The van der Waals surface area contributed by atoms with Gasteiger partial charge in [-0.3, -0.25) is 9.59 Å². The van der Waals surface area contributed by atoms with Crippen molar-refractivity contribution in [2.75, 3.05) is 18.5 Å². The summed E-state index contributed by atoms with van der Waals surface area (Å²) in [5, 5.41) is 6.27. The number of anilines is 1. The minimum Gasteiger partial charge on any atom is -0.478 e. The van der Waals surface area contributed by atoms with E-state index in [9.17, 15) is 9.59 Å². The van der Waals surface area contributed by atoms with Crippen molar-refractivity contribution >= 4 is 29.1 Å². The van der Waals surface area contributed by atoms with Crippen LogP contribution in [0.4, 0.5) is 5.69 Å². The SMILES string of the molecule is CC(C)(Oc1ccc(Cl)cc1)C(=O)Nc1ccccc1C(=O)NC[C@@H]1CCCO1. The lowest BCUT2D eigenvalue weighted by molar-refractivity contribution is -0.128. The fraction of sp³-hybridized carbons (Fsp3) is 0.364. The van der Waals surface area contributed by atoms with E-state index >= 15 is 0 Å². The molecule has 1 heterocycles. The summed E-state index contributed by atoms with van der Waals surface area (Å²) in [7, 11) is 0. The maximum atomic E-state index is 12.8. The molecule has 1 aliphatic rings. The maximum Gasteiger partial charge on any atom is 0.267 e. The Kier molecular flexibility index (Phi) is 6.77. The first-order valence-electron chi connectivity index (χ1n) is 9.60. The van der Waals surface area contributed by atoms with E-state index in [1.165, 1.54) is 0 Å². The minimum atomic E-state index is -1.16. The Morgan fingerprint density at radius 2 is 1.90 bits per heavy atom. The molecule has 1 atom stereocenters.